The van der Waals surface area contributed by atoms with E-state index in [0.717, 1.165) is 17.8 Å². The number of ether oxygens (including phenoxy) is 1. The van der Waals surface area contributed by atoms with Crippen molar-refractivity contribution in [2.24, 2.45) is 5.73 Å². The summed E-state index contributed by atoms with van der Waals surface area (Å²) in [6.07, 6.45) is 2.06. The molecule has 8 nitrogen and oxygen atoms in total. The second kappa shape index (κ2) is 7.77. The molecule has 4 N–H and O–H groups in total. The Hall–Kier alpha value is -2.91. The molecule has 0 aliphatic carbocycles. The van der Waals surface area contributed by atoms with E-state index in [1.54, 1.807) is 18.2 Å². The predicted molar refractivity (Wildman–Crippen MR) is 101 cm³/mol. The number of nitrogens with one attached hydrogen (secondary N) is 2. The molecule has 0 saturated carbocycles. The number of likely N-dealkylation sites (N-methyl/N-ethyl adjacent to an activating group) is 1. The molecule has 0 unspecified atom stereocenters. The van der Waals surface area contributed by atoms with Crippen LogP contribution in [0.3, 0.4) is 0 Å². The molecule has 27 heavy (non-hydrogen) atoms. The zero-order valence-electron chi connectivity index (χ0n) is 15.5. The molecule has 1 amide bonds. The van der Waals surface area contributed by atoms with E-state index in [1.165, 1.54) is 6.92 Å². The number of benzene rings is 1. The van der Waals surface area contributed by atoms with Crippen molar-refractivity contribution in [3.63, 3.8) is 0 Å². The Balaban J connectivity index is 1.90. The standard InChI is InChI=1S/C18H23FN6O2/c1-11-16(19)17(23-22-11)18(26)21-12-4-5-15(27-9-7-20)13(10-12)14-6-8-24(2)25(14)3/h4-6,10H,7-9,20H2,1-3H3,(H,21,26)(H,22,23). The van der Waals surface area contributed by atoms with Gasteiger partial charge < -0.3 is 20.8 Å². The Bertz CT molecular complexity index is 879. The molecule has 2 heterocycles. The number of aryl methyl sites for hydroxylation is 1. The topological polar surface area (TPSA) is 99.5 Å². The van der Waals surface area contributed by atoms with E-state index in [0.29, 0.717) is 24.6 Å². The number of H-pyrrole nitrogens is 1. The van der Waals surface area contributed by atoms with E-state index in [9.17, 15) is 9.18 Å². The van der Waals surface area contributed by atoms with Crippen molar-refractivity contribution >= 4 is 17.3 Å². The van der Waals surface area contributed by atoms with Gasteiger partial charge in [-0.1, -0.05) is 0 Å². The molecule has 0 fully saturated rings. The maximum atomic E-state index is 13.9. The maximum absolute atomic E-state index is 13.9. The van der Waals surface area contributed by atoms with Crippen LogP contribution >= 0.6 is 0 Å². The van der Waals surface area contributed by atoms with Crippen LogP contribution in [0.15, 0.2) is 24.3 Å². The van der Waals surface area contributed by atoms with E-state index >= 15 is 0 Å². The SMILES string of the molecule is Cc1[nH]nc(C(=O)Nc2ccc(OCCN)c(C3=CCN(C)N3C)c2)c1F. The van der Waals surface area contributed by atoms with E-state index in [1.807, 2.05) is 24.1 Å². The number of nitrogens with two attached hydrogens (primary N) is 1. The second-order valence-corrected chi connectivity index (χ2v) is 6.27. The lowest BCUT2D eigenvalue weighted by atomic mass is 10.1. The number of rotatable bonds is 6. The van der Waals surface area contributed by atoms with Crippen LogP contribution in [0.5, 0.6) is 5.75 Å². The van der Waals surface area contributed by atoms with Gasteiger partial charge >= 0.3 is 0 Å². The van der Waals surface area contributed by atoms with E-state index in [4.69, 9.17) is 10.5 Å². The number of halogens is 1. The molecule has 1 aliphatic heterocycles. The minimum Gasteiger partial charge on any atom is -0.492 e. The zero-order chi connectivity index (χ0) is 19.6. The van der Waals surface area contributed by atoms with Crippen LogP contribution in [0.1, 0.15) is 21.7 Å². The summed E-state index contributed by atoms with van der Waals surface area (Å²) in [5, 5.41) is 12.9. The van der Waals surface area contributed by atoms with Crippen molar-refractivity contribution in [1.82, 2.24) is 20.2 Å². The Kier molecular flexibility index (Phi) is 5.43. The van der Waals surface area contributed by atoms with Crippen molar-refractivity contribution in [3.8, 4) is 5.75 Å². The number of nitrogens with zero attached hydrogens (tertiary/aromatic N) is 3. The Morgan fingerprint density at radius 2 is 2.22 bits per heavy atom. The summed E-state index contributed by atoms with van der Waals surface area (Å²) in [5.74, 6) is -0.617. The maximum Gasteiger partial charge on any atom is 0.279 e. The number of hydrazine groups is 1. The van der Waals surface area contributed by atoms with Crippen LogP contribution in [-0.2, 0) is 0 Å². The average molecular weight is 374 g/mol. The van der Waals surface area contributed by atoms with Gasteiger partial charge in [-0.25, -0.2) is 9.40 Å². The number of amides is 1. The van der Waals surface area contributed by atoms with E-state index in [2.05, 4.69) is 21.6 Å². The first kappa shape index (κ1) is 18.9. The molecule has 9 heteroatoms. The van der Waals surface area contributed by atoms with Gasteiger partial charge in [0.1, 0.15) is 12.4 Å². The summed E-state index contributed by atoms with van der Waals surface area (Å²) in [6.45, 7) is 3.05. The molecule has 3 rings (SSSR count). The smallest absolute Gasteiger partial charge is 0.279 e. The number of hydrogen-bond acceptors (Lipinski definition) is 6. The van der Waals surface area contributed by atoms with Crippen LogP contribution < -0.4 is 15.8 Å². The molecular weight excluding hydrogens is 351 g/mol. The van der Waals surface area contributed by atoms with Gasteiger partial charge in [-0.05, 0) is 31.2 Å². The van der Waals surface area contributed by atoms with Gasteiger partial charge in [0.2, 0.25) is 0 Å². The number of hydrogen-bond donors (Lipinski definition) is 3. The molecule has 0 spiro atoms. The quantitative estimate of drug-likeness (QED) is 0.710. The number of aromatic nitrogens is 2. The van der Waals surface area contributed by atoms with Crippen LogP contribution in [-0.4, -0.2) is 59.9 Å². The molecule has 1 aromatic carbocycles. The number of anilines is 1. The second-order valence-electron chi connectivity index (χ2n) is 6.27. The first-order valence-electron chi connectivity index (χ1n) is 8.56. The molecule has 144 valence electrons. The van der Waals surface area contributed by atoms with Crippen molar-refractivity contribution in [2.75, 3.05) is 39.1 Å². The van der Waals surface area contributed by atoms with Crippen LogP contribution in [0, 0.1) is 12.7 Å². The molecule has 1 aromatic heterocycles. The highest BCUT2D eigenvalue weighted by molar-refractivity contribution is 6.03. The minimum atomic E-state index is -0.657. The molecule has 2 aromatic rings. The fraction of sp³-hybridized carbons (Fsp3) is 0.333. The number of carbonyl (C=O) groups excluding carboxylic acids is 1. The van der Waals surface area contributed by atoms with Gasteiger partial charge in [-0.3, -0.25) is 9.89 Å². The molecule has 0 bridgehead atoms. The highest BCUT2D eigenvalue weighted by atomic mass is 19.1. The summed E-state index contributed by atoms with van der Waals surface area (Å²) in [4.78, 5) is 12.3. The molecule has 0 radical (unpaired) electrons. The minimum absolute atomic E-state index is 0.215. The van der Waals surface area contributed by atoms with Gasteiger partial charge in [0.25, 0.3) is 5.91 Å². The summed E-state index contributed by atoms with van der Waals surface area (Å²) in [5.41, 5.74) is 7.76. The fourth-order valence-electron chi connectivity index (χ4n) is 2.80. The fourth-order valence-corrected chi connectivity index (χ4v) is 2.80. The lowest BCUT2D eigenvalue weighted by Gasteiger charge is -2.26. The van der Waals surface area contributed by atoms with Crippen LogP contribution in [0.25, 0.3) is 5.70 Å². The van der Waals surface area contributed by atoms with E-state index in [-0.39, 0.29) is 11.4 Å². The highest BCUT2D eigenvalue weighted by Gasteiger charge is 2.23. The van der Waals surface area contributed by atoms with Crippen molar-refractivity contribution in [1.29, 1.82) is 0 Å². The molecule has 0 saturated heterocycles. The molecule has 1 aliphatic rings. The molecule has 0 atom stereocenters. The van der Waals surface area contributed by atoms with Crippen molar-refractivity contribution < 1.29 is 13.9 Å². The summed E-state index contributed by atoms with van der Waals surface area (Å²) in [6, 6.07) is 5.26. The first-order valence-corrected chi connectivity index (χ1v) is 8.56. The van der Waals surface area contributed by atoms with Gasteiger partial charge in [0.15, 0.2) is 11.5 Å². The van der Waals surface area contributed by atoms with Crippen molar-refractivity contribution in [2.45, 2.75) is 6.92 Å². The number of carbonyl (C=O) groups is 1. The third kappa shape index (κ3) is 3.79. The lowest BCUT2D eigenvalue weighted by molar-refractivity contribution is 0.101. The summed E-state index contributed by atoms with van der Waals surface area (Å²) >= 11 is 0. The lowest BCUT2D eigenvalue weighted by Crippen LogP contribution is -2.29. The Morgan fingerprint density at radius 1 is 1.44 bits per heavy atom. The van der Waals surface area contributed by atoms with Gasteiger partial charge in [-0.15, -0.1) is 0 Å². The van der Waals surface area contributed by atoms with E-state index < -0.39 is 11.7 Å². The zero-order valence-corrected chi connectivity index (χ0v) is 15.5. The van der Waals surface area contributed by atoms with Gasteiger partial charge in [0.05, 0.1) is 11.4 Å². The Morgan fingerprint density at radius 3 is 2.81 bits per heavy atom. The number of aromatic amines is 1. The summed E-state index contributed by atoms with van der Waals surface area (Å²) < 4.78 is 19.7. The molecular formula is C18H23FN6O2. The predicted octanol–water partition coefficient (Wildman–Crippen LogP) is 1.58. The normalized spacial score (nSPS) is 14.4. The van der Waals surface area contributed by atoms with Gasteiger partial charge in [0, 0.05) is 38.4 Å². The first-order chi connectivity index (χ1) is 12.9. The van der Waals surface area contributed by atoms with Crippen LogP contribution in [0.2, 0.25) is 0 Å². The highest BCUT2D eigenvalue weighted by Crippen LogP contribution is 2.33. The largest absolute Gasteiger partial charge is 0.492 e. The van der Waals surface area contributed by atoms with Gasteiger partial charge in [-0.2, -0.15) is 5.10 Å². The van der Waals surface area contributed by atoms with Crippen molar-refractivity contribution in [3.05, 3.63) is 47.0 Å². The third-order valence-electron chi connectivity index (χ3n) is 4.39. The average Bonchev–Trinajstić information content (AvgIpc) is 3.16. The Labute approximate surface area is 156 Å². The summed E-state index contributed by atoms with van der Waals surface area (Å²) in [7, 11) is 3.91. The monoisotopic (exact) mass is 374 g/mol. The van der Waals surface area contributed by atoms with Crippen LogP contribution in [0.4, 0.5) is 10.1 Å². The third-order valence-corrected chi connectivity index (χ3v) is 4.39.